The summed E-state index contributed by atoms with van der Waals surface area (Å²) in [6, 6.07) is 18.0. The molecule has 4 rings (SSSR count). The second-order valence-corrected chi connectivity index (χ2v) is 6.96. The van der Waals surface area contributed by atoms with Gasteiger partial charge in [-0.2, -0.15) is 5.26 Å². The molecule has 0 saturated carbocycles. The maximum Gasteiger partial charge on any atom is 0.260 e. The maximum absolute atomic E-state index is 13.1. The first-order valence-corrected chi connectivity index (χ1v) is 9.25. The summed E-state index contributed by atoms with van der Waals surface area (Å²) in [5.41, 5.74) is 3.76. The number of benzene rings is 2. The van der Waals surface area contributed by atoms with E-state index in [2.05, 4.69) is 10.3 Å². The molecule has 1 aliphatic rings. The lowest BCUT2D eigenvalue weighted by atomic mass is 10.1. The number of nitriles is 1. The minimum absolute atomic E-state index is 0.0380. The minimum Gasteiger partial charge on any atom is -0.322 e. The summed E-state index contributed by atoms with van der Waals surface area (Å²) in [5, 5.41) is 11.6. The predicted molar refractivity (Wildman–Crippen MR) is 110 cm³/mol. The largest absolute Gasteiger partial charge is 0.322 e. The number of nitrogens with zero attached hydrogens (tertiary/aromatic N) is 3. The fourth-order valence-corrected chi connectivity index (χ4v) is 3.53. The molecule has 1 N–H and O–H groups in total. The third-order valence-corrected chi connectivity index (χ3v) is 4.95. The van der Waals surface area contributed by atoms with Crippen LogP contribution < -0.4 is 10.2 Å². The SMILES string of the molecule is CC1Cc2ccccc2N1C(=O)c1cncc(C(=O)Nc2ccc(C#N)cc2)c1. The molecule has 0 spiro atoms. The van der Waals surface area contributed by atoms with E-state index in [-0.39, 0.29) is 17.9 Å². The first-order chi connectivity index (χ1) is 14.1. The molecule has 1 unspecified atom stereocenters. The highest BCUT2D eigenvalue weighted by Gasteiger charge is 2.31. The molecule has 3 aromatic rings. The van der Waals surface area contributed by atoms with Crippen LogP contribution >= 0.6 is 0 Å². The van der Waals surface area contributed by atoms with Gasteiger partial charge in [-0.15, -0.1) is 0 Å². The Kier molecular flexibility index (Phi) is 4.80. The van der Waals surface area contributed by atoms with Gasteiger partial charge < -0.3 is 10.2 Å². The summed E-state index contributed by atoms with van der Waals surface area (Å²) >= 11 is 0. The fourth-order valence-electron chi connectivity index (χ4n) is 3.53. The van der Waals surface area contributed by atoms with Crippen LogP contribution in [0.2, 0.25) is 0 Å². The first-order valence-electron chi connectivity index (χ1n) is 9.25. The van der Waals surface area contributed by atoms with E-state index in [4.69, 9.17) is 5.26 Å². The van der Waals surface area contributed by atoms with Crippen LogP contribution in [0.1, 0.15) is 38.8 Å². The molecular weight excluding hydrogens is 364 g/mol. The van der Waals surface area contributed by atoms with E-state index in [1.807, 2.05) is 37.3 Å². The Morgan fingerprint density at radius 2 is 1.83 bits per heavy atom. The molecule has 6 heteroatoms. The van der Waals surface area contributed by atoms with Gasteiger partial charge in [-0.05, 0) is 55.3 Å². The van der Waals surface area contributed by atoms with Gasteiger partial charge in [0.1, 0.15) is 0 Å². The highest BCUT2D eigenvalue weighted by atomic mass is 16.2. The van der Waals surface area contributed by atoms with E-state index >= 15 is 0 Å². The molecule has 142 valence electrons. The number of para-hydroxylation sites is 1. The molecule has 2 aromatic carbocycles. The second kappa shape index (κ2) is 7.56. The van der Waals surface area contributed by atoms with Crippen molar-refractivity contribution < 1.29 is 9.59 Å². The van der Waals surface area contributed by atoms with Crippen molar-refractivity contribution in [3.05, 3.63) is 89.2 Å². The maximum atomic E-state index is 13.1. The molecule has 0 bridgehead atoms. The number of hydrogen-bond acceptors (Lipinski definition) is 4. The summed E-state index contributed by atoms with van der Waals surface area (Å²) < 4.78 is 0. The van der Waals surface area contributed by atoms with Crippen LogP contribution in [0.5, 0.6) is 0 Å². The standard InChI is InChI=1S/C23H18N4O2/c1-15-10-17-4-2-3-5-21(17)27(15)23(29)19-11-18(13-25-14-19)22(28)26-20-8-6-16(12-24)7-9-20/h2-9,11,13-15H,10H2,1H3,(H,26,28). The van der Waals surface area contributed by atoms with Gasteiger partial charge >= 0.3 is 0 Å². The van der Waals surface area contributed by atoms with Crippen molar-refractivity contribution in [3.8, 4) is 6.07 Å². The monoisotopic (exact) mass is 382 g/mol. The molecular formula is C23H18N4O2. The topological polar surface area (TPSA) is 86.1 Å². The second-order valence-electron chi connectivity index (χ2n) is 6.96. The lowest BCUT2D eigenvalue weighted by Crippen LogP contribution is -2.35. The number of fused-ring (bicyclic) bond motifs is 1. The molecule has 0 fully saturated rings. The van der Waals surface area contributed by atoms with Gasteiger partial charge in [0.2, 0.25) is 0 Å². The molecule has 0 radical (unpaired) electrons. The summed E-state index contributed by atoms with van der Waals surface area (Å²) in [7, 11) is 0. The number of carbonyl (C=O) groups is 2. The molecule has 2 amide bonds. The summed E-state index contributed by atoms with van der Waals surface area (Å²) in [4.78, 5) is 31.6. The fraction of sp³-hybridized carbons (Fsp3) is 0.130. The molecule has 1 atom stereocenters. The highest BCUT2D eigenvalue weighted by molar-refractivity contribution is 6.10. The van der Waals surface area contributed by atoms with Gasteiger partial charge in [0.25, 0.3) is 11.8 Å². The van der Waals surface area contributed by atoms with E-state index in [9.17, 15) is 9.59 Å². The van der Waals surface area contributed by atoms with Gasteiger partial charge in [-0.1, -0.05) is 18.2 Å². The average molecular weight is 382 g/mol. The Labute approximate surface area is 168 Å². The van der Waals surface area contributed by atoms with Crippen molar-refractivity contribution in [2.75, 3.05) is 10.2 Å². The quantitative estimate of drug-likeness (QED) is 0.747. The van der Waals surface area contributed by atoms with Gasteiger partial charge in [0.15, 0.2) is 0 Å². The van der Waals surface area contributed by atoms with Crippen LogP contribution in [0, 0.1) is 11.3 Å². The predicted octanol–water partition coefficient (Wildman–Crippen LogP) is 3.80. The molecule has 0 saturated heterocycles. The molecule has 2 heterocycles. The summed E-state index contributed by atoms with van der Waals surface area (Å²) in [6.07, 6.45) is 3.71. The Balaban J connectivity index is 1.56. The number of carbonyl (C=O) groups excluding carboxylic acids is 2. The lowest BCUT2D eigenvalue weighted by Gasteiger charge is -2.22. The highest BCUT2D eigenvalue weighted by Crippen LogP contribution is 2.33. The van der Waals surface area contributed by atoms with Crippen molar-refractivity contribution in [1.29, 1.82) is 5.26 Å². The van der Waals surface area contributed by atoms with E-state index < -0.39 is 0 Å². The van der Waals surface area contributed by atoms with Gasteiger partial charge in [-0.3, -0.25) is 14.6 Å². The van der Waals surface area contributed by atoms with E-state index in [1.165, 1.54) is 12.4 Å². The molecule has 6 nitrogen and oxygen atoms in total. The normalized spacial score (nSPS) is 14.8. The third-order valence-electron chi connectivity index (χ3n) is 4.95. The first kappa shape index (κ1) is 18.4. The van der Waals surface area contributed by atoms with Crippen LogP contribution in [-0.2, 0) is 6.42 Å². The van der Waals surface area contributed by atoms with Crippen LogP contribution in [0.15, 0.2) is 67.0 Å². The van der Waals surface area contributed by atoms with E-state index in [0.29, 0.717) is 22.4 Å². The number of hydrogen-bond donors (Lipinski definition) is 1. The van der Waals surface area contributed by atoms with Gasteiger partial charge in [-0.25, -0.2) is 0 Å². The van der Waals surface area contributed by atoms with Crippen LogP contribution in [0.4, 0.5) is 11.4 Å². The number of rotatable bonds is 3. The Hall–Kier alpha value is -3.98. The Morgan fingerprint density at radius 3 is 2.59 bits per heavy atom. The number of pyridine rings is 1. The third kappa shape index (κ3) is 3.58. The van der Waals surface area contributed by atoms with Crippen molar-refractivity contribution in [3.63, 3.8) is 0 Å². The zero-order chi connectivity index (χ0) is 20.4. The molecule has 1 aliphatic heterocycles. The smallest absolute Gasteiger partial charge is 0.260 e. The number of amides is 2. The van der Waals surface area contributed by atoms with Gasteiger partial charge in [0, 0.05) is 29.8 Å². The van der Waals surface area contributed by atoms with E-state index in [1.54, 1.807) is 35.2 Å². The average Bonchev–Trinajstić information content (AvgIpc) is 3.09. The van der Waals surface area contributed by atoms with Crippen molar-refractivity contribution in [1.82, 2.24) is 4.98 Å². The molecule has 29 heavy (non-hydrogen) atoms. The van der Waals surface area contributed by atoms with Crippen LogP contribution in [0.25, 0.3) is 0 Å². The molecule has 1 aromatic heterocycles. The van der Waals surface area contributed by atoms with E-state index in [0.717, 1.165) is 17.7 Å². The van der Waals surface area contributed by atoms with Crippen LogP contribution in [-0.4, -0.2) is 22.8 Å². The number of nitrogens with one attached hydrogen (secondary N) is 1. The number of aromatic nitrogens is 1. The zero-order valence-corrected chi connectivity index (χ0v) is 15.8. The Morgan fingerprint density at radius 1 is 1.10 bits per heavy atom. The minimum atomic E-state index is -0.369. The Bertz CT molecular complexity index is 1130. The number of anilines is 2. The molecule has 0 aliphatic carbocycles. The summed E-state index contributed by atoms with van der Waals surface area (Å²) in [5.74, 6) is -0.547. The van der Waals surface area contributed by atoms with Crippen molar-refractivity contribution in [2.24, 2.45) is 0 Å². The lowest BCUT2D eigenvalue weighted by molar-refractivity contribution is 0.0981. The zero-order valence-electron chi connectivity index (χ0n) is 15.8. The summed E-state index contributed by atoms with van der Waals surface area (Å²) in [6.45, 7) is 2.01. The van der Waals surface area contributed by atoms with Gasteiger partial charge in [0.05, 0.1) is 22.8 Å². The van der Waals surface area contributed by atoms with Crippen molar-refractivity contribution >= 4 is 23.2 Å². The van der Waals surface area contributed by atoms with Crippen LogP contribution in [0.3, 0.4) is 0 Å². The van der Waals surface area contributed by atoms with Crippen molar-refractivity contribution in [2.45, 2.75) is 19.4 Å².